The molecule has 2 aromatic heterocycles. The molecule has 0 bridgehead atoms. The van der Waals surface area contributed by atoms with Crippen LogP contribution in [0.1, 0.15) is 35.8 Å². The van der Waals surface area contributed by atoms with E-state index in [0.717, 1.165) is 22.8 Å². The van der Waals surface area contributed by atoms with Crippen molar-refractivity contribution >= 4 is 11.8 Å². The second-order valence-corrected chi connectivity index (χ2v) is 6.63. The van der Waals surface area contributed by atoms with Gasteiger partial charge >= 0.3 is 6.03 Å². The summed E-state index contributed by atoms with van der Waals surface area (Å²) in [5, 5.41) is 10.3. The Morgan fingerprint density at radius 2 is 2.12 bits per heavy atom. The van der Waals surface area contributed by atoms with E-state index >= 15 is 0 Å². The number of nitrogens with zero attached hydrogens (tertiary/aromatic N) is 4. The summed E-state index contributed by atoms with van der Waals surface area (Å²) in [7, 11) is 1.85. The molecule has 1 fully saturated rings. The van der Waals surface area contributed by atoms with E-state index in [0.29, 0.717) is 18.3 Å². The van der Waals surface area contributed by atoms with Crippen LogP contribution in [0, 0.1) is 6.92 Å². The topological polar surface area (TPSA) is 76.8 Å². The van der Waals surface area contributed by atoms with E-state index < -0.39 is 0 Å². The van der Waals surface area contributed by atoms with Crippen LogP contribution >= 0.6 is 0 Å². The van der Waals surface area contributed by atoms with E-state index in [-0.39, 0.29) is 6.03 Å². The Morgan fingerprint density at radius 1 is 1.31 bits per heavy atom. The van der Waals surface area contributed by atoms with Crippen LogP contribution in [0.4, 0.5) is 10.6 Å². The number of hydrogen-bond acceptors (Lipinski definition) is 3. The van der Waals surface area contributed by atoms with Crippen LogP contribution in [0.5, 0.6) is 0 Å². The van der Waals surface area contributed by atoms with Crippen molar-refractivity contribution in [2.24, 2.45) is 7.05 Å². The van der Waals surface area contributed by atoms with E-state index in [4.69, 9.17) is 0 Å². The molecule has 1 aromatic carbocycles. The zero-order valence-corrected chi connectivity index (χ0v) is 14.9. The minimum atomic E-state index is -0.243. The third kappa shape index (κ3) is 3.33. The molecule has 1 aliphatic carbocycles. The van der Waals surface area contributed by atoms with Gasteiger partial charge in [0.15, 0.2) is 0 Å². The summed E-state index contributed by atoms with van der Waals surface area (Å²) in [6.45, 7) is 2.38. The highest BCUT2D eigenvalue weighted by molar-refractivity contribution is 5.88. The molecule has 134 valence electrons. The molecule has 0 aliphatic heterocycles. The molecule has 1 aliphatic rings. The van der Waals surface area contributed by atoms with Gasteiger partial charge in [-0.2, -0.15) is 5.10 Å². The van der Waals surface area contributed by atoms with Gasteiger partial charge in [-0.05, 0) is 31.4 Å². The van der Waals surface area contributed by atoms with E-state index in [1.54, 1.807) is 10.9 Å². The molecular formula is C19H22N6O. The van der Waals surface area contributed by atoms with Gasteiger partial charge in [-0.1, -0.05) is 18.2 Å². The van der Waals surface area contributed by atoms with Crippen molar-refractivity contribution in [3.63, 3.8) is 0 Å². The molecular weight excluding hydrogens is 328 g/mol. The standard InChI is InChI=1S/C19H22N6O/c1-13-20-9-10-25(13)17-6-4-3-5-15(17)12-21-19(26)22-18-11-16(14-7-8-14)23-24(18)2/h3-6,9-11,14H,7-8,12H2,1-2H3,(H2,21,22,26). The quantitative estimate of drug-likeness (QED) is 0.742. The number of carbonyl (C=O) groups is 1. The second-order valence-electron chi connectivity index (χ2n) is 6.63. The average Bonchev–Trinajstić information content (AvgIpc) is 3.31. The molecule has 0 saturated heterocycles. The molecule has 2 amide bonds. The van der Waals surface area contributed by atoms with Crippen LogP contribution in [0.2, 0.25) is 0 Å². The molecule has 7 nitrogen and oxygen atoms in total. The number of anilines is 1. The van der Waals surface area contributed by atoms with Crippen LogP contribution in [0.25, 0.3) is 5.69 Å². The third-order valence-corrected chi connectivity index (χ3v) is 4.65. The smallest absolute Gasteiger partial charge is 0.320 e. The lowest BCUT2D eigenvalue weighted by atomic mass is 10.1. The Morgan fingerprint density at radius 3 is 2.85 bits per heavy atom. The summed E-state index contributed by atoms with van der Waals surface area (Å²) in [6, 6.07) is 9.69. The van der Waals surface area contributed by atoms with Gasteiger partial charge in [-0.3, -0.25) is 10.00 Å². The van der Waals surface area contributed by atoms with Gasteiger partial charge < -0.3 is 9.88 Å². The molecule has 0 unspecified atom stereocenters. The molecule has 0 spiro atoms. The zero-order valence-electron chi connectivity index (χ0n) is 14.9. The number of benzene rings is 1. The first-order valence-electron chi connectivity index (χ1n) is 8.79. The van der Waals surface area contributed by atoms with Crippen LogP contribution in [0.3, 0.4) is 0 Å². The summed E-state index contributed by atoms with van der Waals surface area (Å²) in [5.41, 5.74) is 3.09. The molecule has 7 heteroatoms. The first-order valence-corrected chi connectivity index (χ1v) is 8.79. The largest absolute Gasteiger partial charge is 0.334 e. The maximum atomic E-state index is 12.3. The fourth-order valence-electron chi connectivity index (χ4n) is 3.05. The summed E-state index contributed by atoms with van der Waals surface area (Å²) >= 11 is 0. The minimum Gasteiger partial charge on any atom is -0.334 e. The third-order valence-electron chi connectivity index (χ3n) is 4.65. The van der Waals surface area contributed by atoms with Crippen molar-refractivity contribution in [1.29, 1.82) is 0 Å². The summed E-state index contributed by atoms with van der Waals surface area (Å²) in [4.78, 5) is 16.6. The van der Waals surface area contributed by atoms with Crippen molar-refractivity contribution in [2.75, 3.05) is 5.32 Å². The molecule has 2 N–H and O–H groups in total. The number of amides is 2. The Bertz CT molecular complexity index is 937. The normalized spacial score (nSPS) is 13.6. The van der Waals surface area contributed by atoms with Gasteiger partial charge in [0.25, 0.3) is 0 Å². The molecule has 2 heterocycles. The second kappa shape index (κ2) is 6.67. The van der Waals surface area contributed by atoms with Gasteiger partial charge in [0, 0.05) is 38.0 Å². The van der Waals surface area contributed by atoms with Crippen LogP contribution in [0.15, 0.2) is 42.7 Å². The monoisotopic (exact) mass is 350 g/mol. The maximum Gasteiger partial charge on any atom is 0.320 e. The number of nitrogens with one attached hydrogen (secondary N) is 2. The lowest BCUT2D eigenvalue weighted by Gasteiger charge is -2.13. The van der Waals surface area contributed by atoms with Gasteiger partial charge in [0.2, 0.25) is 0 Å². The number of rotatable bonds is 5. The van der Waals surface area contributed by atoms with E-state index in [2.05, 4.69) is 20.7 Å². The predicted octanol–water partition coefficient (Wildman–Crippen LogP) is 3.11. The Balaban J connectivity index is 1.43. The average molecular weight is 350 g/mol. The van der Waals surface area contributed by atoms with Crippen molar-refractivity contribution in [2.45, 2.75) is 32.2 Å². The predicted molar refractivity (Wildman–Crippen MR) is 99.3 cm³/mol. The minimum absolute atomic E-state index is 0.243. The molecule has 26 heavy (non-hydrogen) atoms. The zero-order chi connectivity index (χ0) is 18.1. The number of imidazole rings is 1. The lowest BCUT2D eigenvalue weighted by molar-refractivity contribution is 0.251. The van der Waals surface area contributed by atoms with E-state index in [1.165, 1.54) is 12.8 Å². The first-order chi connectivity index (χ1) is 12.6. The molecule has 1 saturated carbocycles. The first kappa shape index (κ1) is 16.4. The molecule has 0 atom stereocenters. The lowest BCUT2D eigenvalue weighted by Crippen LogP contribution is -2.29. The maximum absolute atomic E-state index is 12.3. The summed E-state index contributed by atoms with van der Waals surface area (Å²) < 4.78 is 3.73. The number of carbonyl (C=O) groups excluding carboxylic acids is 1. The number of urea groups is 1. The highest BCUT2D eigenvalue weighted by Gasteiger charge is 2.27. The van der Waals surface area contributed by atoms with Crippen LogP contribution in [-0.2, 0) is 13.6 Å². The van der Waals surface area contributed by atoms with Crippen molar-refractivity contribution in [3.8, 4) is 5.69 Å². The fraction of sp³-hybridized carbons (Fsp3) is 0.316. The molecule has 4 rings (SSSR count). The van der Waals surface area contributed by atoms with E-state index in [1.807, 2.05) is 55.1 Å². The van der Waals surface area contributed by atoms with Gasteiger partial charge in [0.1, 0.15) is 11.6 Å². The van der Waals surface area contributed by atoms with Crippen molar-refractivity contribution in [1.82, 2.24) is 24.6 Å². The number of aryl methyl sites for hydroxylation is 2. The number of aromatic nitrogens is 4. The Hall–Kier alpha value is -3.09. The van der Waals surface area contributed by atoms with Crippen molar-refractivity contribution in [3.05, 3.63) is 59.8 Å². The fourth-order valence-corrected chi connectivity index (χ4v) is 3.05. The number of para-hydroxylation sites is 1. The molecule has 0 radical (unpaired) electrons. The van der Waals surface area contributed by atoms with Gasteiger partial charge in [-0.15, -0.1) is 0 Å². The van der Waals surface area contributed by atoms with Crippen LogP contribution < -0.4 is 10.6 Å². The summed E-state index contributed by atoms with van der Waals surface area (Å²) in [5.74, 6) is 2.18. The Labute approximate surface area is 152 Å². The van der Waals surface area contributed by atoms with Crippen molar-refractivity contribution < 1.29 is 4.79 Å². The van der Waals surface area contributed by atoms with Gasteiger partial charge in [-0.25, -0.2) is 9.78 Å². The SMILES string of the molecule is Cc1nccn1-c1ccccc1CNC(=O)Nc1cc(C2CC2)nn1C. The highest BCUT2D eigenvalue weighted by Crippen LogP contribution is 2.39. The van der Waals surface area contributed by atoms with Gasteiger partial charge in [0.05, 0.1) is 11.4 Å². The molecule has 3 aromatic rings. The highest BCUT2D eigenvalue weighted by atomic mass is 16.2. The number of hydrogen-bond donors (Lipinski definition) is 2. The van der Waals surface area contributed by atoms with Crippen LogP contribution in [-0.4, -0.2) is 25.4 Å². The summed E-state index contributed by atoms with van der Waals surface area (Å²) in [6.07, 6.45) is 6.07. The van der Waals surface area contributed by atoms with E-state index in [9.17, 15) is 4.79 Å². The Kier molecular flexibility index (Phi) is 4.20.